The first-order chi connectivity index (χ1) is 10.9. The Kier molecular flexibility index (Phi) is 5.99. The maximum absolute atomic E-state index is 13.7. The molecule has 1 amide bonds. The summed E-state index contributed by atoms with van der Waals surface area (Å²) in [5, 5.41) is 3.67. The summed E-state index contributed by atoms with van der Waals surface area (Å²) in [4.78, 5) is 14.1. The minimum Gasteiger partial charge on any atom is -0.350 e. The van der Waals surface area contributed by atoms with Gasteiger partial charge in [-0.25, -0.2) is 4.39 Å². The summed E-state index contributed by atoms with van der Waals surface area (Å²) in [6.45, 7) is 0.293. The van der Waals surface area contributed by atoms with Crippen LogP contribution in [0.3, 0.4) is 0 Å². The van der Waals surface area contributed by atoms with Gasteiger partial charge in [-0.3, -0.25) is 4.79 Å². The summed E-state index contributed by atoms with van der Waals surface area (Å²) < 4.78 is 13.7. The number of hydrogen-bond donors (Lipinski definition) is 1. The largest absolute Gasteiger partial charge is 0.350 e. The fraction of sp³-hybridized carbons (Fsp3) is 0.235. The van der Waals surface area contributed by atoms with Gasteiger partial charge < -0.3 is 10.2 Å². The average molecular weight is 355 g/mol. The van der Waals surface area contributed by atoms with E-state index in [1.54, 1.807) is 6.07 Å². The Labute approximate surface area is 145 Å². The van der Waals surface area contributed by atoms with Crippen LogP contribution in [0.5, 0.6) is 0 Å². The second-order valence-corrected chi connectivity index (χ2v) is 6.18. The van der Waals surface area contributed by atoms with Crippen LogP contribution in [0, 0.1) is 5.82 Å². The lowest BCUT2D eigenvalue weighted by Gasteiger charge is -2.26. The SMILES string of the molecule is CN(C)[C@H](CNC(=O)c1cc(Cl)ccc1F)c1ccccc1Cl. The summed E-state index contributed by atoms with van der Waals surface area (Å²) in [5.41, 5.74) is 0.820. The molecule has 0 bridgehead atoms. The van der Waals surface area contributed by atoms with Gasteiger partial charge in [-0.2, -0.15) is 0 Å². The normalized spacial score (nSPS) is 12.3. The van der Waals surface area contributed by atoms with Crippen LogP contribution >= 0.6 is 23.2 Å². The molecule has 2 aromatic rings. The Morgan fingerprint density at radius 3 is 2.57 bits per heavy atom. The quantitative estimate of drug-likeness (QED) is 0.873. The first-order valence-corrected chi connectivity index (χ1v) is 7.80. The zero-order chi connectivity index (χ0) is 17.0. The van der Waals surface area contributed by atoms with Crippen LogP contribution in [0.4, 0.5) is 4.39 Å². The van der Waals surface area contributed by atoms with Gasteiger partial charge >= 0.3 is 0 Å². The maximum atomic E-state index is 13.7. The molecule has 0 heterocycles. The molecule has 0 fully saturated rings. The molecule has 1 atom stereocenters. The predicted molar refractivity (Wildman–Crippen MR) is 91.6 cm³/mol. The molecule has 0 aliphatic rings. The minimum absolute atomic E-state index is 0.0748. The molecule has 3 nitrogen and oxygen atoms in total. The molecule has 0 spiro atoms. The van der Waals surface area contributed by atoms with Crippen molar-refractivity contribution in [3.05, 3.63) is 69.5 Å². The lowest BCUT2D eigenvalue weighted by Crippen LogP contribution is -2.35. The molecule has 6 heteroatoms. The van der Waals surface area contributed by atoms with Crippen molar-refractivity contribution in [3.63, 3.8) is 0 Å². The van der Waals surface area contributed by atoms with Crippen LogP contribution in [0.1, 0.15) is 22.0 Å². The third-order valence-corrected chi connectivity index (χ3v) is 4.10. The van der Waals surface area contributed by atoms with Gasteiger partial charge in [0.1, 0.15) is 5.82 Å². The molecule has 0 aliphatic heterocycles. The van der Waals surface area contributed by atoms with Crippen LogP contribution in [-0.4, -0.2) is 31.4 Å². The minimum atomic E-state index is -0.606. The van der Waals surface area contributed by atoms with E-state index in [0.29, 0.717) is 16.6 Å². The first-order valence-electron chi connectivity index (χ1n) is 7.04. The molecular formula is C17H17Cl2FN2O. The molecule has 0 unspecified atom stereocenters. The molecular weight excluding hydrogens is 338 g/mol. The van der Waals surface area contributed by atoms with Gasteiger partial charge in [0.15, 0.2) is 0 Å². The monoisotopic (exact) mass is 354 g/mol. The zero-order valence-electron chi connectivity index (χ0n) is 12.8. The first kappa shape index (κ1) is 17.7. The van der Waals surface area contributed by atoms with Crippen molar-refractivity contribution in [2.24, 2.45) is 0 Å². The molecule has 0 aliphatic carbocycles. The van der Waals surface area contributed by atoms with Gasteiger partial charge in [0.2, 0.25) is 0 Å². The molecule has 0 saturated heterocycles. The Bertz CT molecular complexity index is 707. The topological polar surface area (TPSA) is 32.3 Å². The number of hydrogen-bond acceptors (Lipinski definition) is 2. The molecule has 2 aromatic carbocycles. The smallest absolute Gasteiger partial charge is 0.254 e. The average Bonchev–Trinajstić information content (AvgIpc) is 2.51. The van der Waals surface area contributed by atoms with Crippen molar-refractivity contribution in [3.8, 4) is 0 Å². The van der Waals surface area contributed by atoms with Crippen LogP contribution in [0.25, 0.3) is 0 Å². The van der Waals surface area contributed by atoms with Gasteiger partial charge in [0.05, 0.1) is 11.6 Å². The highest BCUT2D eigenvalue weighted by Crippen LogP contribution is 2.25. The lowest BCUT2D eigenvalue weighted by atomic mass is 10.1. The van der Waals surface area contributed by atoms with Crippen molar-refractivity contribution in [1.82, 2.24) is 10.2 Å². The Hall–Kier alpha value is -1.62. The van der Waals surface area contributed by atoms with Gasteiger partial charge in [-0.1, -0.05) is 41.4 Å². The molecule has 0 saturated carbocycles. The number of benzene rings is 2. The van der Waals surface area contributed by atoms with Gasteiger partial charge in [0.25, 0.3) is 5.91 Å². The van der Waals surface area contributed by atoms with Crippen LogP contribution in [0.15, 0.2) is 42.5 Å². The van der Waals surface area contributed by atoms with E-state index in [4.69, 9.17) is 23.2 Å². The summed E-state index contributed by atoms with van der Waals surface area (Å²) in [6, 6.07) is 11.2. The number of carbonyl (C=O) groups excluding carboxylic acids is 1. The third kappa shape index (κ3) is 4.44. The van der Waals surface area contributed by atoms with Crippen molar-refractivity contribution in [2.45, 2.75) is 6.04 Å². The highest BCUT2D eigenvalue weighted by Gasteiger charge is 2.19. The van der Waals surface area contributed by atoms with Crippen LogP contribution in [-0.2, 0) is 0 Å². The molecule has 23 heavy (non-hydrogen) atoms. The van der Waals surface area contributed by atoms with Crippen molar-refractivity contribution in [2.75, 3.05) is 20.6 Å². The second kappa shape index (κ2) is 7.77. The molecule has 2 rings (SSSR count). The fourth-order valence-electron chi connectivity index (χ4n) is 2.27. The second-order valence-electron chi connectivity index (χ2n) is 5.34. The lowest BCUT2D eigenvalue weighted by molar-refractivity contribution is 0.0938. The Morgan fingerprint density at radius 1 is 1.22 bits per heavy atom. The van der Waals surface area contributed by atoms with Crippen LogP contribution in [0.2, 0.25) is 10.0 Å². The van der Waals surface area contributed by atoms with E-state index in [1.807, 2.05) is 37.2 Å². The number of rotatable bonds is 5. The summed E-state index contributed by atoms with van der Waals surface area (Å²) >= 11 is 12.0. The van der Waals surface area contributed by atoms with Crippen molar-refractivity contribution >= 4 is 29.1 Å². The van der Waals surface area contributed by atoms with E-state index in [9.17, 15) is 9.18 Å². The number of nitrogens with zero attached hydrogens (tertiary/aromatic N) is 1. The van der Waals surface area contributed by atoms with Crippen molar-refractivity contribution in [1.29, 1.82) is 0 Å². The summed E-state index contributed by atoms with van der Waals surface area (Å²) in [5.74, 6) is -1.12. The molecule has 0 radical (unpaired) electrons. The number of amides is 1. The van der Waals surface area contributed by atoms with Gasteiger partial charge in [-0.15, -0.1) is 0 Å². The number of nitrogens with one attached hydrogen (secondary N) is 1. The van der Waals surface area contributed by atoms with Gasteiger partial charge in [-0.05, 0) is 43.9 Å². The van der Waals surface area contributed by atoms with E-state index in [2.05, 4.69) is 5.32 Å². The zero-order valence-corrected chi connectivity index (χ0v) is 14.3. The Balaban J connectivity index is 2.15. The van der Waals surface area contributed by atoms with E-state index in [-0.39, 0.29) is 11.6 Å². The Morgan fingerprint density at radius 2 is 1.91 bits per heavy atom. The molecule has 122 valence electrons. The standard InChI is InChI=1S/C17H17Cl2FN2O/c1-22(2)16(12-5-3-4-6-14(12)19)10-21-17(23)13-9-11(18)7-8-15(13)20/h3-9,16H,10H2,1-2H3,(H,21,23)/t16-/m1/s1. The summed E-state index contributed by atoms with van der Waals surface area (Å²) in [7, 11) is 3.78. The number of likely N-dealkylation sites (N-methyl/N-ethyl adjacent to an activating group) is 1. The van der Waals surface area contributed by atoms with Crippen LogP contribution < -0.4 is 5.32 Å². The van der Waals surface area contributed by atoms with E-state index in [0.717, 1.165) is 5.56 Å². The van der Waals surface area contributed by atoms with Crippen molar-refractivity contribution < 1.29 is 9.18 Å². The van der Waals surface area contributed by atoms with E-state index in [1.165, 1.54) is 18.2 Å². The third-order valence-electron chi connectivity index (χ3n) is 3.52. The van der Waals surface area contributed by atoms with Gasteiger partial charge in [0, 0.05) is 16.6 Å². The number of halogens is 3. The predicted octanol–water partition coefficient (Wildman–Crippen LogP) is 4.17. The number of carbonyl (C=O) groups is 1. The highest BCUT2D eigenvalue weighted by molar-refractivity contribution is 6.31. The molecule has 1 N–H and O–H groups in total. The molecule has 0 aromatic heterocycles. The summed E-state index contributed by atoms with van der Waals surface area (Å²) in [6.07, 6.45) is 0. The maximum Gasteiger partial charge on any atom is 0.254 e. The van der Waals surface area contributed by atoms with E-state index >= 15 is 0 Å². The highest BCUT2D eigenvalue weighted by atomic mass is 35.5. The fourth-order valence-corrected chi connectivity index (χ4v) is 2.71. The van der Waals surface area contributed by atoms with E-state index < -0.39 is 11.7 Å².